The van der Waals surface area contributed by atoms with Crippen LogP contribution in [0.5, 0.6) is 5.75 Å². The molecule has 0 spiro atoms. The molecule has 2 heterocycles. The summed E-state index contributed by atoms with van der Waals surface area (Å²) in [4.78, 5) is 15.7. The molecular formula is C30H35F4N5O4S. The highest BCUT2D eigenvalue weighted by atomic mass is 32.2. The molecule has 0 radical (unpaired) electrons. The number of nitrogens with zero attached hydrogens (tertiary/aromatic N) is 3. The van der Waals surface area contributed by atoms with Gasteiger partial charge in [-0.3, -0.25) is 4.79 Å². The summed E-state index contributed by atoms with van der Waals surface area (Å²) in [6, 6.07) is 10.1. The number of rotatable bonds is 9. The summed E-state index contributed by atoms with van der Waals surface area (Å²) >= 11 is 0. The average Bonchev–Trinajstić information content (AvgIpc) is 3.27. The van der Waals surface area contributed by atoms with Gasteiger partial charge in [0, 0.05) is 29.9 Å². The highest BCUT2D eigenvalue weighted by Crippen LogP contribution is 2.32. The highest BCUT2D eigenvalue weighted by molar-refractivity contribution is 7.90. The third-order valence-electron chi connectivity index (χ3n) is 7.15. The fourth-order valence-corrected chi connectivity index (χ4v) is 5.69. The number of piperidine rings is 1. The Morgan fingerprint density at radius 2 is 1.91 bits per heavy atom. The van der Waals surface area contributed by atoms with Gasteiger partial charge in [-0.25, -0.2) is 12.8 Å². The number of halogens is 4. The molecule has 4 rings (SSSR count). The van der Waals surface area contributed by atoms with Gasteiger partial charge in [0.05, 0.1) is 54.6 Å². The normalized spacial score (nSPS) is 17.3. The summed E-state index contributed by atoms with van der Waals surface area (Å²) < 4.78 is 86.0. The fourth-order valence-electron chi connectivity index (χ4n) is 5.05. The van der Waals surface area contributed by atoms with Crippen LogP contribution in [-0.2, 0) is 21.2 Å². The number of alkyl halides is 4. The zero-order valence-corrected chi connectivity index (χ0v) is 25.7. The van der Waals surface area contributed by atoms with E-state index in [4.69, 9.17) is 4.74 Å². The summed E-state index contributed by atoms with van der Waals surface area (Å²) in [7, 11) is 1.47. The molecule has 14 heteroatoms. The standard InChI is InChI=1S/C30H35F4N5O4S/c1-37(2)18-29(40)38-14-12-25(23(31)17-38)36-24-8-5-9-27-22(24)15-20(39(27)19-30(32,33)34)7-6-13-35-26-11-10-21(44(4,41)42)16-28(26)43-3/h5,8-11,15-16,23,25,35-36H,12-14,17-19H2,1-4H3/t23-,25+/m1/s1. The third kappa shape index (κ3) is 8.15. The summed E-state index contributed by atoms with van der Waals surface area (Å²) in [6.45, 7) is -0.764. The predicted molar refractivity (Wildman–Crippen MR) is 162 cm³/mol. The van der Waals surface area contributed by atoms with E-state index < -0.39 is 34.8 Å². The molecule has 0 unspecified atom stereocenters. The molecule has 1 amide bonds. The van der Waals surface area contributed by atoms with Crippen molar-refractivity contribution in [3.8, 4) is 17.6 Å². The van der Waals surface area contributed by atoms with Crippen LogP contribution in [0.15, 0.2) is 47.4 Å². The van der Waals surface area contributed by atoms with E-state index in [9.17, 15) is 26.4 Å². The minimum Gasteiger partial charge on any atom is -0.495 e. The number of anilines is 2. The van der Waals surface area contributed by atoms with E-state index in [0.29, 0.717) is 29.7 Å². The first kappa shape index (κ1) is 32.9. The largest absolute Gasteiger partial charge is 0.495 e. The van der Waals surface area contributed by atoms with Crippen molar-refractivity contribution in [2.75, 3.05) is 64.3 Å². The van der Waals surface area contributed by atoms with Crippen molar-refractivity contribution >= 4 is 38.0 Å². The number of carbonyl (C=O) groups is 1. The van der Waals surface area contributed by atoms with Crippen LogP contribution in [-0.4, -0.2) is 101 Å². The lowest BCUT2D eigenvalue weighted by molar-refractivity contribution is -0.140. The average molecular weight is 638 g/mol. The molecule has 1 aliphatic rings. The van der Waals surface area contributed by atoms with Crippen LogP contribution >= 0.6 is 0 Å². The Kier molecular flexibility index (Phi) is 10.00. The van der Waals surface area contributed by atoms with Crippen LogP contribution in [0.1, 0.15) is 12.1 Å². The number of sulfone groups is 1. The van der Waals surface area contributed by atoms with Crippen LogP contribution in [0.3, 0.4) is 0 Å². The second-order valence-corrected chi connectivity index (χ2v) is 12.9. The number of methoxy groups -OCH3 is 1. The smallest absolute Gasteiger partial charge is 0.406 e. The lowest BCUT2D eigenvalue weighted by Gasteiger charge is -2.36. The van der Waals surface area contributed by atoms with Gasteiger partial charge in [-0.1, -0.05) is 12.0 Å². The zero-order valence-electron chi connectivity index (χ0n) is 24.8. The Morgan fingerprint density at radius 3 is 2.55 bits per heavy atom. The number of carbonyl (C=O) groups excluding carboxylic acids is 1. The van der Waals surface area contributed by atoms with Gasteiger partial charge in [0.25, 0.3) is 0 Å². The van der Waals surface area contributed by atoms with Gasteiger partial charge >= 0.3 is 6.18 Å². The number of ether oxygens (including phenoxy) is 1. The van der Waals surface area contributed by atoms with Gasteiger partial charge in [-0.05, 0) is 56.8 Å². The first-order valence-electron chi connectivity index (χ1n) is 13.8. The number of nitrogens with one attached hydrogen (secondary N) is 2. The van der Waals surface area contributed by atoms with Crippen molar-refractivity contribution < 1.29 is 35.5 Å². The van der Waals surface area contributed by atoms with Crippen molar-refractivity contribution in [3.63, 3.8) is 0 Å². The molecule has 0 saturated carbocycles. The summed E-state index contributed by atoms with van der Waals surface area (Å²) in [5.41, 5.74) is 1.35. The molecule has 1 saturated heterocycles. The number of likely N-dealkylation sites (N-methyl/N-ethyl adjacent to an activating group) is 1. The summed E-state index contributed by atoms with van der Waals surface area (Å²) in [5.74, 6) is 5.74. The second-order valence-electron chi connectivity index (χ2n) is 10.9. The SMILES string of the molecule is COc1cc(S(C)(=O)=O)ccc1NCC#Cc1cc2c(N[C@H]3CCN(C(=O)CN(C)C)C[C@H]3F)cccc2n1CC(F)(F)F. The van der Waals surface area contributed by atoms with Crippen LogP contribution in [0.4, 0.5) is 28.9 Å². The van der Waals surface area contributed by atoms with E-state index in [2.05, 4.69) is 22.5 Å². The van der Waals surface area contributed by atoms with E-state index in [1.807, 2.05) is 0 Å². The predicted octanol–water partition coefficient (Wildman–Crippen LogP) is 3.99. The first-order chi connectivity index (χ1) is 20.7. The monoisotopic (exact) mass is 637 g/mol. The lowest BCUT2D eigenvalue weighted by atomic mass is 10.0. The number of amides is 1. The Bertz CT molecular complexity index is 1680. The summed E-state index contributed by atoms with van der Waals surface area (Å²) in [5, 5.41) is 6.62. The topological polar surface area (TPSA) is 95.9 Å². The number of hydrogen-bond acceptors (Lipinski definition) is 7. The first-order valence-corrected chi connectivity index (χ1v) is 15.7. The number of likely N-dealkylation sites (tertiary alicyclic amines) is 1. The van der Waals surface area contributed by atoms with Crippen LogP contribution in [0.2, 0.25) is 0 Å². The Labute approximate surface area is 254 Å². The minimum atomic E-state index is -4.52. The van der Waals surface area contributed by atoms with Gasteiger partial charge in [0.2, 0.25) is 5.91 Å². The Hall–Kier alpha value is -3.96. The molecule has 2 N–H and O–H groups in total. The van der Waals surface area contributed by atoms with Crippen LogP contribution in [0.25, 0.3) is 10.9 Å². The fraction of sp³-hybridized carbons (Fsp3) is 0.433. The van der Waals surface area contributed by atoms with Crippen LogP contribution in [0, 0.1) is 11.8 Å². The van der Waals surface area contributed by atoms with Gasteiger partial charge in [0.1, 0.15) is 18.5 Å². The zero-order chi connectivity index (χ0) is 32.2. The number of aromatic nitrogens is 1. The molecule has 9 nitrogen and oxygen atoms in total. The van der Waals surface area contributed by atoms with E-state index >= 15 is 4.39 Å². The van der Waals surface area contributed by atoms with Crippen molar-refractivity contribution in [1.29, 1.82) is 0 Å². The van der Waals surface area contributed by atoms with Crippen molar-refractivity contribution in [1.82, 2.24) is 14.4 Å². The Balaban J connectivity index is 1.56. The van der Waals surface area contributed by atoms with Crippen molar-refractivity contribution in [3.05, 3.63) is 48.2 Å². The third-order valence-corrected chi connectivity index (χ3v) is 8.26. The molecule has 0 bridgehead atoms. The molecular weight excluding hydrogens is 602 g/mol. The van der Waals surface area contributed by atoms with E-state index in [0.717, 1.165) is 10.8 Å². The quantitative estimate of drug-likeness (QED) is 0.271. The highest BCUT2D eigenvalue weighted by Gasteiger charge is 2.33. The van der Waals surface area contributed by atoms with Gasteiger partial charge in [-0.15, -0.1) is 0 Å². The van der Waals surface area contributed by atoms with E-state index in [1.165, 1.54) is 30.2 Å². The van der Waals surface area contributed by atoms with E-state index in [1.54, 1.807) is 43.3 Å². The number of hydrogen-bond donors (Lipinski definition) is 2. The van der Waals surface area contributed by atoms with Gasteiger partial charge in [0.15, 0.2) is 9.84 Å². The maximum atomic E-state index is 15.2. The second kappa shape index (κ2) is 13.4. The minimum absolute atomic E-state index is 0.0296. The summed E-state index contributed by atoms with van der Waals surface area (Å²) in [6.07, 6.45) is -4.46. The molecule has 238 valence electrons. The molecule has 1 aliphatic heterocycles. The number of benzene rings is 2. The van der Waals surface area contributed by atoms with E-state index in [-0.39, 0.29) is 47.4 Å². The van der Waals surface area contributed by atoms with Gasteiger partial charge in [-0.2, -0.15) is 13.2 Å². The molecule has 2 aromatic carbocycles. The molecule has 44 heavy (non-hydrogen) atoms. The molecule has 3 aromatic rings. The maximum absolute atomic E-state index is 15.2. The van der Waals surface area contributed by atoms with Crippen LogP contribution < -0.4 is 15.4 Å². The lowest BCUT2D eigenvalue weighted by Crippen LogP contribution is -2.51. The molecule has 0 aliphatic carbocycles. The Morgan fingerprint density at radius 1 is 1.16 bits per heavy atom. The maximum Gasteiger partial charge on any atom is 0.406 e. The van der Waals surface area contributed by atoms with Gasteiger partial charge < -0.3 is 29.7 Å². The van der Waals surface area contributed by atoms with Crippen molar-refractivity contribution in [2.45, 2.75) is 36.3 Å². The molecule has 2 atom stereocenters. The van der Waals surface area contributed by atoms with Crippen molar-refractivity contribution in [2.24, 2.45) is 0 Å². The molecule has 1 fully saturated rings. The molecule has 1 aromatic heterocycles. The number of fused-ring (bicyclic) bond motifs is 1.